The van der Waals surface area contributed by atoms with E-state index in [0.717, 1.165) is 103 Å². The van der Waals surface area contributed by atoms with Crippen LogP contribution in [0.2, 0.25) is 0 Å². The fourth-order valence-electron chi connectivity index (χ4n) is 7.12. The molecule has 0 amide bonds. The zero-order chi connectivity index (χ0) is 48.6. The summed E-state index contributed by atoms with van der Waals surface area (Å²) in [6.07, 6.45) is 73.6. The van der Waals surface area contributed by atoms with Crippen LogP contribution in [0, 0.1) is 0 Å². The summed E-state index contributed by atoms with van der Waals surface area (Å²) in [7, 11) is 0. The minimum atomic E-state index is -0.817. The van der Waals surface area contributed by atoms with E-state index in [9.17, 15) is 14.4 Å². The fourth-order valence-corrected chi connectivity index (χ4v) is 7.12. The Balaban J connectivity index is 4.52. The number of allylic oxidation sites excluding steroid dienone is 18. The largest absolute Gasteiger partial charge is 0.462 e. The van der Waals surface area contributed by atoms with Gasteiger partial charge in [-0.3, -0.25) is 14.4 Å². The summed E-state index contributed by atoms with van der Waals surface area (Å²) in [6, 6.07) is 0. The lowest BCUT2D eigenvalue weighted by molar-refractivity contribution is -0.167. The monoisotopic (exact) mass is 929 g/mol. The molecule has 0 aromatic carbocycles. The minimum absolute atomic E-state index is 0.109. The molecule has 0 aromatic heterocycles. The van der Waals surface area contributed by atoms with Crippen LogP contribution < -0.4 is 0 Å². The lowest BCUT2D eigenvalue weighted by Crippen LogP contribution is -2.30. The Bertz CT molecular complexity index is 1390. The van der Waals surface area contributed by atoms with Crippen molar-refractivity contribution in [3.05, 3.63) is 109 Å². The molecule has 0 aromatic rings. The van der Waals surface area contributed by atoms with E-state index in [4.69, 9.17) is 14.2 Å². The molecule has 0 rings (SSSR count). The van der Waals surface area contributed by atoms with Gasteiger partial charge in [0.05, 0.1) is 0 Å². The van der Waals surface area contributed by atoms with E-state index in [1.54, 1.807) is 0 Å². The second-order valence-corrected chi connectivity index (χ2v) is 17.7. The highest BCUT2D eigenvalue weighted by molar-refractivity contribution is 5.71. The lowest BCUT2D eigenvalue weighted by Gasteiger charge is -2.18. The van der Waals surface area contributed by atoms with Crippen molar-refractivity contribution in [1.29, 1.82) is 0 Å². The van der Waals surface area contributed by atoms with Gasteiger partial charge in [0, 0.05) is 19.3 Å². The molecule has 0 aliphatic carbocycles. The van der Waals surface area contributed by atoms with Crippen molar-refractivity contribution in [2.24, 2.45) is 0 Å². The second-order valence-electron chi connectivity index (χ2n) is 17.7. The first-order valence-corrected chi connectivity index (χ1v) is 27.4. The van der Waals surface area contributed by atoms with Crippen LogP contribution in [-0.4, -0.2) is 37.2 Å². The van der Waals surface area contributed by atoms with Gasteiger partial charge in [-0.15, -0.1) is 0 Å². The zero-order valence-electron chi connectivity index (χ0n) is 43.4. The van der Waals surface area contributed by atoms with Crippen molar-refractivity contribution < 1.29 is 28.6 Å². The fraction of sp³-hybridized carbons (Fsp3) is 0.656. The highest BCUT2D eigenvalue weighted by Gasteiger charge is 2.19. The maximum atomic E-state index is 12.8. The molecule has 0 saturated heterocycles. The van der Waals surface area contributed by atoms with Gasteiger partial charge < -0.3 is 14.2 Å². The number of hydrogen-bond acceptors (Lipinski definition) is 6. The highest BCUT2D eigenvalue weighted by atomic mass is 16.6. The number of carbonyl (C=O) groups excluding carboxylic acids is 3. The summed E-state index contributed by atoms with van der Waals surface area (Å²) in [5, 5.41) is 0. The van der Waals surface area contributed by atoms with Crippen molar-refractivity contribution >= 4 is 17.9 Å². The summed E-state index contributed by atoms with van der Waals surface area (Å²) in [5.41, 5.74) is 0. The molecular formula is C61H100O6. The van der Waals surface area contributed by atoms with Gasteiger partial charge in [0.25, 0.3) is 0 Å². The molecule has 0 fully saturated rings. The Morgan fingerprint density at radius 2 is 0.582 bits per heavy atom. The molecule has 1 atom stereocenters. The molecule has 0 bridgehead atoms. The maximum Gasteiger partial charge on any atom is 0.306 e. The zero-order valence-corrected chi connectivity index (χ0v) is 43.4. The van der Waals surface area contributed by atoms with Crippen LogP contribution >= 0.6 is 0 Å². The van der Waals surface area contributed by atoms with Gasteiger partial charge in [-0.05, 0) is 128 Å². The molecule has 67 heavy (non-hydrogen) atoms. The van der Waals surface area contributed by atoms with Gasteiger partial charge in [-0.25, -0.2) is 0 Å². The van der Waals surface area contributed by atoms with Gasteiger partial charge in [-0.1, -0.05) is 201 Å². The molecule has 0 saturated carbocycles. The Morgan fingerprint density at radius 3 is 1.00 bits per heavy atom. The Hall–Kier alpha value is -3.93. The van der Waals surface area contributed by atoms with Crippen LogP contribution in [0.3, 0.4) is 0 Å². The van der Waals surface area contributed by atoms with E-state index >= 15 is 0 Å². The molecule has 0 aliphatic heterocycles. The predicted molar refractivity (Wildman–Crippen MR) is 288 cm³/mol. The molecule has 0 spiro atoms. The van der Waals surface area contributed by atoms with Crippen LogP contribution in [0.15, 0.2) is 109 Å². The van der Waals surface area contributed by atoms with E-state index in [1.807, 2.05) is 0 Å². The summed E-state index contributed by atoms with van der Waals surface area (Å²) in [5.74, 6) is -0.990. The van der Waals surface area contributed by atoms with E-state index in [0.29, 0.717) is 19.3 Å². The second kappa shape index (κ2) is 54.7. The Morgan fingerprint density at radius 1 is 0.313 bits per heavy atom. The van der Waals surface area contributed by atoms with Crippen LogP contribution in [0.1, 0.15) is 239 Å². The van der Waals surface area contributed by atoms with Crippen LogP contribution in [0.4, 0.5) is 0 Å². The number of rotatable bonds is 48. The third-order valence-electron chi connectivity index (χ3n) is 11.2. The lowest BCUT2D eigenvalue weighted by atomic mass is 10.1. The Kier molecular flexibility index (Phi) is 51.5. The summed E-state index contributed by atoms with van der Waals surface area (Å²) >= 11 is 0. The molecule has 6 heteroatoms. The van der Waals surface area contributed by atoms with Crippen molar-refractivity contribution in [3.63, 3.8) is 0 Å². The summed E-state index contributed by atoms with van der Waals surface area (Å²) in [6.45, 7) is 6.41. The number of carbonyl (C=O) groups is 3. The van der Waals surface area contributed by atoms with Crippen LogP contribution in [-0.2, 0) is 28.6 Å². The third-order valence-corrected chi connectivity index (χ3v) is 11.2. The maximum absolute atomic E-state index is 12.8. The quantitative estimate of drug-likeness (QED) is 0.0262. The number of esters is 3. The number of unbranched alkanes of at least 4 members (excludes halogenated alkanes) is 19. The summed E-state index contributed by atoms with van der Waals surface area (Å²) in [4.78, 5) is 38.1. The summed E-state index contributed by atoms with van der Waals surface area (Å²) < 4.78 is 16.8. The van der Waals surface area contributed by atoms with Crippen molar-refractivity contribution in [2.75, 3.05) is 13.2 Å². The van der Waals surface area contributed by atoms with Crippen molar-refractivity contribution in [2.45, 2.75) is 245 Å². The van der Waals surface area contributed by atoms with E-state index in [1.165, 1.54) is 89.9 Å². The predicted octanol–water partition coefficient (Wildman–Crippen LogP) is 18.3. The molecule has 0 unspecified atom stereocenters. The van der Waals surface area contributed by atoms with Crippen molar-refractivity contribution in [3.8, 4) is 0 Å². The standard InChI is InChI=1S/C61H100O6/c1-4-7-10-13-16-19-22-25-28-29-30-31-34-36-39-42-45-48-51-54-60(63)66-57-58(67-61(64)55-52-49-46-43-40-37-33-27-24-21-18-15-12-9-6-3)56-65-59(62)53-50-47-44-41-38-35-32-26-23-20-17-14-11-8-5-2/h9,12,16,18-21,23,25,27-28,30-31,33,36,39-40,43,58H,4-8,10-11,13-15,17,22,24,26,29,32,34-35,37-38,41-42,44-57H2,1-3H3/b12-9-,19-16-,21-18-,23-20-,28-25-,31-30-,33-27-,39-36-,43-40-/t58-/m0/s1. The molecular weight excluding hydrogens is 829 g/mol. The van der Waals surface area contributed by atoms with Gasteiger partial charge in [0.2, 0.25) is 0 Å². The van der Waals surface area contributed by atoms with E-state index in [2.05, 4.69) is 130 Å². The topological polar surface area (TPSA) is 78.9 Å². The minimum Gasteiger partial charge on any atom is -0.462 e. The van der Waals surface area contributed by atoms with Crippen molar-refractivity contribution in [1.82, 2.24) is 0 Å². The molecule has 0 aliphatic rings. The van der Waals surface area contributed by atoms with Gasteiger partial charge >= 0.3 is 17.9 Å². The van der Waals surface area contributed by atoms with E-state index in [-0.39, 0.29) is 37.5 Å². The smallest absolute Gasteiger partial charge is 0.306 e. The molecule has 0 radical (unpaired) electrons. The number of hydrogen-bond donors (Lipinski definition) is 0. The van der Waals surface area contributed by atoms with Crippen LogP contribution in [0.5, 0.6) is 0 Å². The van der Waals surface area contributed by atoms with Gasteiger partial charge in [-0.2, -0.15) is 0 Å². The first kappa shape index (κ1) is 63.1. The average Bonchev–Trinajstić information content (AvgIpc) is 3.33. The highest BCUT2D eigenvalue weighted by Crippen LogP contribution is 2.13. The first-order valence-electron chi connectivity index (χ1n) is 27.4. The molecule has 380 valence electrons. The molecule has 6 nitrogen and oxygen atoms in total. The molecule has 0 heterocycles. The third kappa shape index (κ3) is 52.9. The van der Waals surface area contributed by atoms with Gasteiger partial charge in [0.15, 0.2) is 6.10 Å². The SMILES string of the molecule is CC/C=C\C/C=C\C/C=C\C/C=C\CCCCC(=O)O[C@H](COC(=O)CCCCC/C=C\C/C=C\C/C=C\C/C=C\CCCCC)COC(=O)CCCCCCCCC/C=C\CCCCCC. The average molecular weight is 929 g/mol. The first-order chi connectivity index (χ1) is 33.0. The molecule has 0 N–H and O–H groups in total. The van der Waals surface area contributed by atoms with E-state index < -0.39 is 6.10 Å². The van der Waals surface area contributed by atoms with Crippen LogP contribution in [0.25, 0.3) is 0 Å². The normalized spacial score (nSPS) is 12.9. The Labute approximate surface area is 412 Å². The number of ether oxygens (including phenoxy) is 3. The van der Waals surface area contributed by atoms with Gasteiger partial charge in [0.1, 0.15) is 13.2 Å².